The number of para-hydroxylation sites is 1. The van der Waals surface area contributed by atoms with Crippen molar-refractivity contribution in [1.29, 1.82) is 0 Å². The molecule has 3 aromatic rings. The zero-order valence-electron chi connectivity index (χ0n) is 17.5. The summed E-state index contributed by atoms with van der Waals surface area (Å²) in [7, 11) is 0. The van der Waals surface area contributed by atoms with Crippen molar-refractivity contribution in [1.82, 2.24) is 9.88 Å². The second kappa shape index (κ2) is 8.80. The van der Waals surface area contributed by atoms with Crippen molar-refractivity contribution in [3.8, 4) is 0 Å². The molecule has 1 fully saturated rings. The first-order chi connectivity index (χ1) is 15.6. The van der Waals surface area contributed by atoms with Crippen LogP contribution in [0.25, 0.3) is 0 Å². The molecule has 3 heterocycles. The van der Waals surface area contributed by atoms with Crippen LogP contribution in [0, 0.1) is 11.7 Å². The Morgan fingerprint density at radius 3 is 2.75 bits per heavy atom. The second-order valence-electron chi connectivity index (χ2n) is 8.18. The molecule has 164 valence electrons. The van der Waals surface area contributed by atoms with Crippen LogP contribution in [-0.2, 0) is 29.1 Å². The Kier molecular flexibility index (Phi) is 5.71. The molecule has 1 N–H and O–H groups in total. The molecule has 1 atom stereocenters. The number of hydrogen-bond donors (Lipinski definition) is 1. The van der Waals surface area contributed by atoms with E-state index in [9.17, 15) is 14.0 Å². The Balaban J connectivity index is 1.22. The number of carbonyl (C=O) groups excluding carboxylic acids is 2. The van der Waals surface area contributed by atoms with Crippen molar-refractivity contribution in [2.24, 2.45) is 5.92 Å². The fourth-order valence-electron chi connectivity index (χ4n) is 4.27. The highest BCUT2D eigenvalue weighted by atomic mass is 32.1. The summed E-state index contributed by atoms with van der Waals surface area (Å²) in [4.78, 5) is 34.7. The third-order valence-corrected chi connectivity index (χ3v) is 6.93. The quantitative estimate of drug-likeness (QED) is 0.642. The summed E-state index contributed by atoms with van der Waals surface area (Å²) in [5.41, 5.74) is 2.53. The molecule has 0 aliphatic carbocycles. The van der Waals surface area contributed by atoms with Gasteiger partial charge in [0.25, 0.3) is 0 Å². The molecule has 2 aliphatic heterocycles. The zero-order chi connectivity index (χ0) is 22.1. The first-order valence-corrected chi connectivity index (χ1v) is 11.5. The van der Waals surface area contributed by atoms with Gasteiger partial charge in [0.15, 0.2) is 5.13 Å². The summed E-state index contributed by atoms with van der Waals surface area (Å²) in [5, 5.41) is 3.46. The Morgan fingerprint density at radius 1 is 1.16 bits per heavy atom. The van der Waals surface area contributed by atoms with E-state index < -0.39 is 11.7 Å². The number of benzene rings is 2. The number of nitrogens with zero attached hydrogens (tertiary/aromatic N) is 3. The number of halogens is 1. The Labute approximate surface area is 189 Å². The summed E-state index contributed by atoms with van der Waals surface area (Å²) in [5.74, 6) is -1.48. The summed E-state index contributed by atoms with van der Waals surface area (Å²) < 4.78 is 14.1. The van der Waals surface area contributed by atoms with Crippen LogP contribution < -0.4 is 10.2 Å². The van der Waals surface area contributed by atoms with Gasteiger partial charge in [0, 0.05) is 43.9 Å². The van der Waals surface area contributed by atoms with Crippen molar-refractivity contribution in [3.05, 3.63) is 76.5 Å². The molecule has 1 saturated heterocycles. The number of thiazole rings is 1. The minimum atomic E-state index is -0.530. The van der Waals surface area contributed by atoms with E-state index in [1.165, 1.54) is 27.9 Å². The maximum atomic E-state index is 14.1. The fraction of sp³-hybridized carbons (Fsp3) is 0.292. The summed E-state index contributed by atoms with van der Waals surface area (Å²) in [6.07, 6.45) is 0.910. The van der Waals surface area contributed by atoms with Gasteiger partial charge in [0.2, 0.25) is 11.8 Å². The number of carbonyl (C=O) groups is 2. The van der Waals surface area contributed by atoms with Crippen molar-refractivity contribution in [2.45, 2.75) is 25.9 Å². The van der Waals surface area contributed by atoms with Crippen LogP contribution in [0.2, 0.25) is 0 Å². The molecule has 0 spiro atoms. The molecule has 2 aliphatic rings. The lowest BCUT2D eigenvalue weighted by molar-refractivity contribution is -0.122. The van der Waals surface area contributed by atoms with Crippen molar-refractivity contribution in [3.63, 3.8) is 0 Å². The van der Waals surface area contributed by atoms with Crippen molar-refractivity contribution in [2.75, 3.05) is 23.3 Å². The molecular formula is C24H23FN4O2S. The van der Waals surface area contributed by atoms with Crippen LogP contribution in [0.15, 0.2) is 54.6 Å². The minimum absolute atomic E-state index is 0.0656. The number of hydrogen-bond acceptors (Lipinski definition) is 5. The predicted octanol–water partition coefficient (Wildman–Crippen LogP) is 3.83. The van der Waals surface area contributed by atoms with E-state index in [0.29, 0.717) is 5.13 Å². The minimum Gasteiger partial charge on any atom is -0.309 e. The molecule has 0 radical (unpaired) electrons. The van der Waals surface area contributed by atoms with Gasteiger partial charge in [0.05, 0.1) is 17.3 Å². The Bertz CT molecular complexity index is 1150. The van der Waals surface area contributed by atoms with Gasteiger partial charge in [-0.05, 0) is 17.7 Å². The van der Waals surface area contributed by atoms with Crippen LogP contribution in [0.3, 0.4) is 0 Å². The fourth-order valence-corrected chi connectivity index (χ4v) is 5.33. The maximum absolute atomic E-state index is 14.1. The van der Waals surface area contributed by atoms with Gasteiger partial charge >= 0.3 is 0 Å². The SMILES string of the molecule is O=C(Nc1nc2c(s1)CN(Cc1ccccc1)CC2)C1CC(=O)N(c2ccccc2F)C1. The summed E-state index contributed by atoms with van der Waals surface area (Å²) in [6.45, 7) is 2.78. The van der Waals surface area contributed by atoms with Crippen LogP contribution in [0.1, 0.15) is 22.6 Å². The number of anilines is 2. The maximum Gasteiger partial charge on any atom is 0.231 e. The van der Waals surface area contributed by atoms with Gasteiger partial charge in [-0.3, -0.25) is 14.5 Å². The third kappa shape index (κ3) is 4.28. The molecule has 0 bridgehead atoms. The molecule has 2 aromatic carbocycles. The number of aromatic nitrogens is 1. The van der Waals surface area contributed by atoms with Gasteiger partial charge in [-0.15, -0.1) is 11.3 Å². The first kappa shape index (κ1) is 20.8. The molecule has 6 nitrogen and oxygen atoms in total. The normalized spacial score (nSPS) is 18.6. The number of rotatable bonds is 5. The summed E-state index contributed by atoms with van der Waals surface area (Å²) >= 11 is 1.49. The summed E-state index contributed by atoms with van der Waals surface area (Å²) in [6, 6.07) is 16.5. The van der Waals surface area contributed by atoms with E-state index in [4.69, 9.17) is 0 Å². The number of fused-ring (bicyclic) bond motifs is 1. The van der Waals surface area contributed by atoms with Gasteiger partial charge in [-0.2, -0.15) is 0 Å². The topological polar surface area (TPSA) is 65.5 Å². The second-order valence-corrected chi connectivity index (χ2v) is 9.26. The zero-order valence-corrected chi connectivity index (χ0v) is 18.3. The van der Waals surface area contributed by atoms with E-state index in [0.717, 1.165) is 36.6 Å². The van der Waals surface area contributed by atoms with Crippen molar-refractivity contribution >= 4 is 34.0 Å². The van der Waals surface area contributed by atoms with Crippen LogP contribution >= 0.6 is 11.3 Å². The van der Waals surface area contributed by atoms with Crippen LogP contribution in [0.4, 0.5) is 15.2 Å². The van der Waals surface area contributed by atoms with Crippen LogP contribution in [-0.4, -0.2) is 34.8 Å². The molecule has 8 heteroatoms. The van der Waals surface area contributed by atoms with Crippen molar-refractivity contribution < 1.29 is 14.0 Å². The standard InChI is InChI=1S/C24H23FN4O2S/c25-18-8-4-5-9-20(18)29-14-17(12-22(29)30)23(31)27-24-26-19-10-11-28(15-21(19)32-24)13-16-6-2-1-3-7-16/h1-9,17H,10-15H2,(H,26,27,31). The lowest BCUT2D eigenvalue weighted by atomic mass is 10.1. The molecule has 5 rings (SSSR count). The molecular weight excluding hydrogens is 427 g/mol. The van der Waals surface area contributed by atoms with E-state index in [1.54, 1.807) is 18.2 Å². The highest BCUT2D eigenvalue weighted by molar-refractivity contribution is 7.15. The largest absolute Gasteiger partial charge is 0.309 e. The van der Waals surface area contributed by atoms with Gasteiger partial charge < -0.3 is 10.2 Å². The molecule has 0 saturated carbocycles. The third-order valence-electron chi connectivity index (χ3n) is 5.93. The smallest absolute Gasteiger partial charge is 0.231 e. The molecule has 1 unspecified atom stereocenters. The van der Waals surface area contributed by atoms with E-state index in [1.807, 2.05) is 18.2 Å². The molecule has 2 amide bonds. The highest BCUT2D eigenvalue weighted by Crippen LogP contribution is 2.31. The number of nitrogens with one attached hydrogen (secondary N) is 1. The van der Waals surface area contributed by atoms with E-state index in [2.05, 4.69) is 27.3 Å². The van der Waals surface area contributed by atoms with E-state index >= 15 is 0 Å². The van der Waals surface area contributed by atoms with E-state index in [-0.39, 0.29) is 30.5 Å². The average Bonchev–Trinajstić information content (AvgIpc) is 3.37. The van der Waals surface area contributed by atoms with Gasteiger partial charge in [-0.25, -0.2) is 9.37 Å². The Morgan fingerprint density at radius 2 is 1.94 bits per heavy atom. The Hall–Kier alpha value is -3.10. The predicted molar refractivity (Wildman–Crippen MR) is 122 cm³/mol. The van der Waals surface area contributed by atoms with Crippen LogP contribution in [0.5, 0.6) is 0 Å². The lowest BCUT2D eigenvalue weighted by Gasteiger charge is -2.25. The van der Waals surface area contributed by atoms with Gasteiger partial charge in [-0.1, -0.05) is 42.5 Å². The lowest BCUT2D eigenvalue weighted by Crippen LogP contribution is -2.29. The molecule has 32 heavy (non-hydrogen) atoms. The monoisotopic (exact) mass is 450 g/mol. The first-order valence-electron chi connectivity index (χ1n) is 10.7. The number of amides is 2. The highest BCUT2D eigenvalue weighted by Gasteiger charge is 2.36. The van der Waals surface area contributed by atoms with Gasteiger partial charge in [0.1, 0.15) is 5.82 Å². The molecule has 1 aromatic heterocycles. The average molecular weight is 451 g/mol.